The summed E-state index contributed by atoms with van der Waals surface area (Å²) in [6, 6.07) is 8.64. The molecule has 130 valence electrons. The Morgan fingerprint density at radius 2 is 1.83 bits per heavy atom. The van der Waals surface area contributed by atoms with E-state index in [1.165, 1.54) is 16.7 Å². The van der Waals surface area contributed by atoms with Gasteiger partial charge in [0, 0.05) is 19.7 Å². The largest absolute Gasteiger partial charge is 0.359 e. The zero-order valence-electron chi connectivity index (χ0n) is 15.3. The van der Waals surface area contributed by atoms with Crippen LogP contribution in [0.15, 0.2) is 33.8 Å². The Kier molecular flexibility index (Phi) is 6.41. The molecule has 5 heteroatoms. The number of guanidine groups is 1. The molecule has 0 aliphatic rings. The molecule has 0 radical (unpaired) electrons. The number of hydrogen-bond donors (Lipinski definition) is 2. The summed E-state index contributed by atoms with van der Waals surface area (Å²) < 4.78 is 5.33. The van der Waals surface area contributed by atoms with Crippen molar-refractivity contribution in [3.63, 3.8) is 0 Å². The Hall–Kier alpha value is -2.30. The third-order valence-corrected chi connectivity index (χ3v) is 3.81. The Labute approximate surface area is 144 Å². The van der Waals surface area contributed by atoms with Crippen molar-refractivity contribution < 1.29 is 4.52 Å². The molecule has 0 fully saturated rings. The standard InChI is InChI=1S/C19H28N4O/c1-13(2)18-11-17(24-23-18)12-22-19(20-5)21-7-6-16-9-14(3)8-15(4)10-16/h8-11,13H,6-7,12H2,1-5H3,(H2,20,21,22). The average Bonchev–Trinajstić information content (AvgIpc) is 2.99. The Morgan fingerprint density at radius 1 is 1.12 bits per heavy atom. The topological polar surface area (TPSA) is 62.5 Å². The van der Waals surface area contributed by atoms with Gasteiger partial charge in [-0.25, -0.2) is 0 Å². The highest BCUT2D eigenvalue weighted by molar-refractivity contribution is 5.79. The molecule has 0 amide bonds. The summed E-state index contributed by atoms with van der Waals surface area (Å²) >= 11 is 0. The van der Waals surface area contributed by atoms with Crippen LogP contribution >= 0.6 is 0 Å². The van der Waals surface area contributed by atoms with Gasteiger partial charge in [0.25, 0.3) is 0 Å². The van der Waals surface area contributed by atoms with Crippen LogP contribution in [0.1, 0.15) is 47.9 Å². The Bertz CT molecular complexity index is 668. The normalized spacial score (nSPS) is 11.8. The molecule has 1 aromatic heterocycles. The molecule has 0 saturated carbocycles. The number of nitrogens with zero attached hydrogens (tertiary/aromatic N) is 2. The Balaban J connectivity index is 1.79. The predicted molar refractivity (Wildman–Crippen MR) is 98.4 cm³/mol. The molecule has 24 heavy (non-hydrogen) atoms. The highest BCUT2D eigenvalue weighted by atomic mass is 16.5. The van der Waals surface area contributed by atoms with E-state index in [-0.39, 0.29) is 0 Å². The lowest BCUT2D eigenvalue weighted by Crippen LogP contribution is -2.37. The van der Waals surface area contributed by atoms with E-state index in [1.807, 2.05) is 6.07 Å². The maximum atomic E-state index is 5.33. The highest BCUT2D eigenvalue weighted by Crippen LogP contribution is 2.13. The van der Waals surface area contributed by atoms with Crippen molar-refractivity contribution in [1.82, 2.24) is 15.8 Å². The molecule has 0 aliphatic carbocycles. The molecule has 0 saturated heterocycles. The summed E-state index contributed by atoms with van der Waals surface area (Å²) in [5, 5.41) is 10.6. The van der Waals surface area contributed by atoms with E-state index in [4.69, 9.17) is 4.52 Å². The molecule has 0 bridgehead atoms. The van der Waals surface area contributed by atoms with Gasteiger partial charge in [-0.15, -0.1) is 0 Å². The van der Waals surface area contributed by atoms with E-state index in [0.717, 1.165) is 30.4 Å². The quantitative estimate of drug-likeness (QED) is 0.631. The first-order valence-corrected chi connectivity index (χ1v) is 8.45. The van der Waals surface area contributed by atoms with Gasteiger partial charge in [-0.1, -0.05) is 48.3 Å². The van der Waals surface area contributed by atoms with Gasteiger partial charge in [0.2, 0.25) is 0 Å². The third kappa shape index (κ3) is 5.41. The molecular weight excluding hydrogens is 300 g/mol. The molecule has 1 heterocycles. The van der Waals surface area contributed by atoms with E-state index in [2.05, 4.69) is 66.7 Å². The zero-order valence-corrected chi connectivity index (χ0v) is 15.3. The molecule has 1 aromatic carbocycles. The van der Waals surface area contributed by atoms with Crippen LogP contribution in [-0.2, 0) is 13.0 Å². The van der Waals surface area contributed by atoms with E-state index in [1.54, 1.807) is 7.05 Å². The van der Waals surface area contributed by atoms with Crippen molar-refractivity contribution in [3.05, 3.63) is 52.4 Å². The number of hydrogen-bond acceptors (Lipinski definition) is 3. The molecule has 2 rings (SSSR count). The van der Waals surface area contributed by atoms with Gasteiger partial charge in [-0.3, -0.25) is 4.99 Å². The van der Waals surface area contributed by atoms with Gasteiger partial charge in [-0.05, 0) is 31.7 Å². The SMILES string of the molecule is CN=C(NCCc1cc(C)cc(C)c1)NCc1cc(C(C)C)no1. The van der Waals surface area contributed by atoms with Crippen LogP contribution in [0.4, 0.5) is 0 Å². The van der Waals surface area contributed by atoms with Crippen LogP contribution in [0.5, 0.6) is 0 Å². The van der Waals surface area contributed by atoms with Gasteiger partial charge < -0.3 is 15.2 Å². The zero-order chi connectivity index (χ0) is 17.5. The van der Waals surface area contributed by atoms with Crippen molar-refractivity contribution in [2.24, 2.45) is 4.99 Å². The first kappa shape index (κ1) is 18.0. The number of aromatic nitrogens is 1. The molecule has 2 N–H and O–H groups in total. The molecule has 5 nitrogen and oxygen atoms in total. The lowest BCUT2D eigenvalue weighted by molar-refractivity contribution is 0.372. The minimum atomic E-state index is 0.373. The van der Waals surface area contributed by atoms with Crippen LogP contribution in [0.25, 0.3) is 0 Å². The summed E-state index contributed by atoms with van der Waals surface area (Å²) in [4.78, 5) is 4.24. The summed E-state index contributed by atoms with van der Waals surface area (Å²) in [6.45, 7) is 9.87. The smallest absolute Gasteiger partial charge is 0.191 e. The fourth-order valence-corrected chi connectivity index (χ4v) is 2.61. The second-order valence-corrected chi connectivity index (χ2v) is 6.47. The minimum absolute atomic E-state index is 0.373. The number of benzene rings is 1. The second-order valence-electron chi connectivity index (χ2n) is 6.47. The van der Waals surface area contributed by atoms with Crippen molar-refractivity contribution in [1.29, 1.82) is 0 Å². The van der Waals surface area contributed by atoms with Crippen molar-refractivity contribution in [3.8, 4) is 0 Å². The first-order chi connectivity index (χ1) is 11.5. The molecule has 0 atom stereocenters. The first-order valence-electron chi connectivity index (χ1n) is 8.45. The molecule has 0 aliphatic heterocycles. The average molecular weight is 328 g/mol. The lowest BCUT2D eigenvalue weighted by Gasteiger charge is -2.11. The summed E-state index contributed by atoms with van der Waals surface area (Å²) in [5.41, 5.74) is 4.93. The van der Waals surface area contributed by atoms with Crippen molar-refractivity contribution >= 4 is 5.96 Å². The molecule has 0 unspecified atom stereocenters. The summed E-state index contributed by atoms with van der Waals surface area (Å²) in [7, 11) is 1.77. The van der Waals surface area contributed by atoms with E-state index >= 15 is 0 Å². The van der Waals surface area contributed by atoms with Crippen molar-refractivity contribution in [2.45, 2.75) is 46.6 Å². The molecule has 2 aromatic rings. The number of rotatable bonds is 6. The van der Waals surface area contributed by atoms with Crippen LogP contribution in [0, 0.1) is 13.8 Å². The fourth-order valence-electron chi connectivity index (χ4n) is 2.61. The number of aryl methyl sites for hydroxylation is 2. The second kappa shape index (κ2) is 8.52. The van der Waals surface area contributed by atoms with Gasteiger partial charge in [0.05, 0.1) is 12.2 Å². The third-order valence-electron chi connectivity index (χ3n) is 3.81. The van der Waals surface area contributed by atoms with Gasteiger partial charge in [0.1, 0.15) is 0 Å². The lowest BCUT2D eigenvalue weighted by atomic mass is 10.1. The summed E-state index contributed by atoms with van der Waals surface area (Å²) in [5.74, 6) is 1.95. The van der Waals surface area contributed by atoms with Gasteiger partial charge >= 0.3 is 0 Å². The predicted octanol–water partition coefficient (Wildman–Crippen LogP) is 3.32. The van der Waals surface area contributed by atoms with E-state index in [9.17, 15) is 0 Å². The molecular formula is C19H28N4O. The van der Waals surface area contributed by atoms with E-state index < -0.39 is 0 Å². The summed E-state index contributed by atoms with van der Waals surface area (Å²) in [6.07, 6.45) is 0.961. The Morgan fingerprint density at radius 3 is 2.42 bits per heavy atom. The van der Waals surface area contributed by atoms with Crippen LogP contribution in [-0.4, -0.2) is 24.7 Å². The number of aliphatic imine (C=N–C) groups is 1. The van der Waals surface area contributed by atoms with E-state index in [0.29, 0.717) is 12.5 Å². The molecule has 0 spiro atoms. The van der Waals surface area contributed by atoms with Crippen LogP contribution in [0.3, 0.4) is 0 Å². The number of nitrogens with one attached hydrogen (secondary N) is 2. The maximum Gasteiger partial charge on any atom is 0.191 e. The minimum Gasteiger partial charge on any atom is -0.359 e. The highest BCUT2D eigenvalue weighted by Gasteiger charge is 2.08. The van der Waals surface area contributed by atoms with Crippen molar-refractivity contribution in [2.75, 3.05) is 13.6 Å². The van der Waals surface area contributed by atoms with Gasteiger partial charge in [-0.2, -0.15) is 0 Å². The van der Waals surface area contributed by atoms with Crippen LogP contribution < -0.4 is 10.6 Å². The fraction of sp³-hybridized carbons (Fsp3) is 0.474. The van der Waals surface area contributed by atoms with Gasteiger partial charge in [0.15, 0.2) is 11.7 Å². The monoisotopic (exact) mass is 328 g/mol. The van der Waals surface area contributed by atoms with Crippen LogP contribution in [0.2, 0.25) is 0 Å². The maximum absolute atomic E-state index is 5.33.